The van der Waals surface area contributed by atoms with Gasteiger partial charge in [-0.2, -0.15) is 0 Å². The quantitative estimate of drug-likeness (QED) is 0.693. The van der Waals surface area contributed by atoms with Gasteiger partial charge < -0.3 is 8.85 Å². The molecule has 1 heterocycles. The van der Waals surface area contributed by atoms with Gasteiger partial charge in [-0.15, -0.1) is 0 Å². The Kier molecular flexibility index (Phi) is 5.41. The van der Waals surface area contributed by atoms with Gasteiger partial charge in [-0.1, -0.05) is 34.6 Å². The van der Waals surface area contributed by atoms with E-state index in [0.717, 1.165) is 13.1 Å². The van der Waals surface area contributed by atoms with Gasteiger partial charge >= 0.3 is 8.72 Å². The van der Waals surface area contributed by atoms with Crippen molar-refractivity contribution >= 4 is 8.72 Å². The zero-order chi connectivity index (χ0) is 14.0. The molecule has 0 amide bonds. The average molecular weight is 273 g/mol. The van der Waals surface area contributed by atoms with Gasteiger partial charge in [0, 0.05) is 19.3 Å². The van der Waals surface area contributed by atoms with E-state index in [1.165, 1.54) is 12.8 Å². The molecular formula is C14H31NO2Si. The summed E-state index contributed by atoms with van der Waals surface area (Å²) >= 11 is 0. The van der Waals surface area contributed by atoms with Gasteiger partial charge in [0.1, 0.15) is 0 Å². The van der Waals surface area contributed by atoms with Crippen LogP contribution in [0.4, 0.5) is 0 Å². The van der Waals surface area contributed by atoms with Gasteiger partial charge in [-0.25, -0.2) is 0 Å². The Labute approximate surface area is 114 Å². The number of hydrogen-bond donors (Lipinski definition) is 0. The number of nitrogens with zero attached hydrogens (tertiary/aromatic N) is 1. The van der Waals surface area contributed by atoms with Crippen molar-refractivity contribution in [3.63, 3.8) is 0 Å². The summed E-state index contributed by atoms with van der Waals surface area (Å²) in [6, 6.07) is 0. The lowest BCUT2D eigenvalue weighted by Crippen LogP contribution is -2.66. The largest absolute Gasteiger partial charge is 0.434 e. The lowest BCUT2D eigenvalue weighted by molar-refractivity contribution is 0.106. The summed E-state index contributed by atoms with van der Waals surface area (Å²) in [4.78, 5) is 0. The monoisotopic (exact) mass is 273 g/mol. The first-order valence-corrected chi connectivity index (χ1v) is 8.98. The van der Waals surface area contributed by atoms with Gasteiger partial charge in [0.05, 0.1) is 0 Å². The molecule has 1 rings (SSSR count). The molecule has 1 aliphatic rings. The van der Waals surface area contributed by atoms with E-state index in [9.17, 15) is 0 Å². The fourth-order valence-corrected chi connectivity index (χ4v) is 8.14. The summed E-state index contributed by atoms with van der Waals surface area (Å²) in [5.41, 5.74) is 0. The van der Waals surface area contributed by atoms with Crippen LogP contribution >= 0.6 is 0 Å². The summed E-state index contributed by atoms with van der Waals surface area (Å²) in [7, 11) is 1.33. The van der Waals surface area contributed by atoms with Crippen molar-refractivity contribution in [3.8, 4) is 0 Å². The Balaban J connectivity index is 3.22. The highest BCUT2D eigenvalue weighted by Crippen LogP contribution is 2.53. The molecule has 4 heteroatoms. The lowest BCUT2D eigenvalue weighted by Gasteiger charge is -2.52. The van der Waals surface area contributed by atoms with E-state index >= 15 is 0 Å². The lowest BCUT2D eigenvalue weighted by atomic mass is 9.86. The molecule has 0 radical (unpaired) electrons. The topological polar surface area (TPSA) is 21.7 Å². The Morgan fingerprint density at radius 1 is 0.944 bits per heavy atom. The molecule has 0 aromatic carbocycles. The van der Waals surface area contributed by atoms with E-state index in [-0.39, 0.29) is 5.04 Å². The first-order valence-electron chi connectivity index (χ1n) is 7.22. The Hall–Kier alpha value is 0.0969. The summed E-state index contributed by atoms with van der Waals surface area (Å²) < 4.78 is 14.7. The van der Waals surface area contributed by atoms with Crippen molar-refractivity contribution in [2.75, 3.05) is 27.3 Å². The van der Waals surface area contributed by atoms with Crippen molar-refractivity contribution < 1.29 is 8.85 Å². The smallest absolute Gasteiger partial charge is 0.386 e. The van der Waals surface area contributed by atoms with Gasteiger partial charge in [-0.05, 0) is 37.8 Å². The first-order chi connectivity index (χ1) is 8.36. The van der Waals surface area contributed by atoms with Crippen molar-refractivity contribution in [3.05, 3.63) is 0 Å². The second-order valence-corrected chi connectivity index (χ2v) is 9.97. The standard InChI is InChI=1S/C14H31NO2Si/c1-12(2)14(5,13(3)4)18(16-6,17-7)15-10-8-9-11-15/h12-13H,8-11H2,1-7H3. The van der Waals surface area contributed by atoms with Crippen LogP contribution in [0.1, 0.15) is 47.5 Å². The van der Waals surface area contributed by atoms with Crippen LogP contribution in [-0.2, 0) is 8.85 Å². The van der Waals surface area contributed by atoms with Gasteiger partial charge in [-0.3, -0.25) is 4.57 Å². The molecule has 18 heavy (non-hydrogen) atoms. The van der Waals surface area contributed by atoms with E-state index < -0.39 is 8.72 Å². The SMILES string of the molecule is CO[Si](OC)(N1CCCC1)C(C)(C(C)C)C(C)C. The fourth-order valence-electron chi connectivity index (χ4n) is 3.53. The highest BCUT2D eigenvalue weighted by Gasteiger charge is 2.61. The molecule has 0 unspecified atom stereocenters. The zero-order valence-electron chi connectivity index (χ0n) is 13.2. The minimum atomic E-state index is -2.36. The zero-order valence-corrected chi connectivity index (χ0v) is 14.2. The molecule has 1 saturated heterocycles. The summed E-state index contributed by atoms with van der Waals surface area (Å²) in [6.07, 6.45) is 2.54. The van der Waals surface area contributed by atoms with E-state index in [1.807, 2.05) is 14.2 Å². The maximum atomic E-state index is 6.10. The summed E-state index contributed by atoms with van der Waals surface area (Å²) in [6.45, 7) is 13.8. The van der Waals surface area contributed by atoms with Crippen LogP contribution in [0.5, 0.6) is 0 Å². The molecule has 108 valence electrons. The Morgan fingerprint density at radius 2 is 1.33 bits per heavy atom. The molecule has 0 aromatic heterocycles. The van der Waals surface area contributed by atoms with Crippen LogP contribution in [0.2, 0.25) is 5.04 Å². The van der Waals surface area contributed by atoms with Crippen LogP contribution in [0.25, 0.3) is 0 Å². The maximum absolute atomic E-state index is 6.10. The molecule has 0 aromatic rings. The van der Waals surface area contributed by atoms with Crippen LogP contribution < -0.4 is 0 Å². The normalized spacial score (nSPS) is 19.2. The third-order valence-corrected chi connectivity index (χ3v) is 10.1. The van der Waals surface area contributed by atoms with E-state index in [2.05, 4.69) is 39.2 Å². The van der Waals surface area contributed by atoms with Crippen molar-refractivity contribution in [1.29, 1.82) is 0 Å². The van der Waals surface area contributed by atoms with Crippen LogP contribution in [-0.4, -0.2) is 40.6 Å². The maximum Gasteiger partial charge on any atom is 0.434 e. The Morgan fingerprint density at radius 3 is 1.61 bits per heavy atom. The molecule has 0 aliphatic carbocycles. The van der Waals surface area contributed by atoms with Gasteiger partial charge in [0.15, 0.2) is 0 Å². The van der Waals surface area contributed by atoms with Crippen molar-refractivity contribution in [2.24, 2.45) is 11.8 Å². The summed E-state index contributed by atoms with van der Waals surface area (Å²) in [5.74, 6) is 1.09. The van der Waals surface area contributed by atoms with Crippen molar-refractivity contribution in [1.82, 2.24) is 4.57 Å². The van der Waals surface area contributed by atoms with E-state index in [1.54, 1.807) is 0 Å². The van der Waals surface area contributed by atoms with Crippen LogP contribution in [0, 0.1) is 11.8 Å². The second-order valence-electron chi connectivity index (χ2n) is 6.28. The average Bonchev–Trinajstić information content (AvgIpc) is 2.84. The fraction of sp³-hybridized carbons (Fsp3) is 1.00. The van der Waals surface area contributed by atoms with Gasteiger partial charge in [0.25, 0.3) is 0 Å². The molecule has 0 spiro atoms. The molecule has 1 fully saturated rings. The minimum absolute atomic E-state index is 0.0981. The predicted molar refractivity (Wildman–Crippen MR) is 78.6 cm³/mol. The number of rotatable bonds is 6. The molecule has 3 nitrogen and oxygen atoms in total. The van der Waals surface area contributed by atoms with Crippen LogP contribution in [0.15, 0.2) is 0 Å². The highest BCUT2D eigenvalue weighted by molar-refractivity contribution is 6.68. The summed E-state index contributed by atoms with van der Waals surface area (Å²) in [5, 5.41) is 0.0981. The molecule has 0 saturated carbocycles. The molecule has 1 aliphatic heterocycles. The minimum Gasteiger partial charge on any atom is -0.386 e. The molecule has 0 N–H and O–H groups in total. The van der Waals surface area contributed by atoms with E-state index in [0.29, 0.717) is 11.8 Å². The predicted octanol–water partition coefficient (Wildman–Crippen LogP) is 3.39. The van der Waals surface area contributed by atoms with Crippen LogP contribution in [0.3, 0.4) is 0 Å². The third kappa shape index (κ3) is 2.28. The van der Waals surface area contributed by atoms with Gasteiger partial charge in [0.2, 0.25) is 0 Å². The Bertz CT molecular complexity index is 251. The van der Waals surface area contributed by atoms with Crippen molar-refractivity contribution in [2.45, 2.75) is 52.5 Å². The molecule has 0 bridgehead atoms. The second kappa shape index (κ2) is 6.03. The molecular weight excluding hydrogens is 242 g/mol. The third-order valence-electron chi connectivity index (χ3n) is 5.16. The van der Waals surface area contributed by atoms with E-state index in [4.69, 9.17) is 8.85 Å². The number of hydrogen-bond acceptors (Lipinski definition) is 3. The highest BCUT2D eigenvalue weighted by atomic mass is 28.4. The first kappa shape index (κ1) is 16.2. The molecule has 0 atom stereocenters.